The molecule has 0 spiro atoms. The number of nitrogens with two attached hydrogens (primary N) is 1. The molecule has 10 heteroatoms. The van der Waals surface area contributed by atoms with E-state index in [2.05, 4.69) is 10.6 Å². The van der Waals surface area contributed by atoms with Crippen molar-refractivity contribution in [3.63, 3.8) is 0 Å². The molecule has 1 aromatic carbocycles. The predicted octanol–water partition coefficient (Wildman–Crippen LogP) is -0.252. The maximum Gasteiger partial charge on any atom is 0.329 e. The second kappa shape index (κ2) is 5.53. The highest BCUT2D eigenvalue weighted by atomic mass is 16.2. The number of aromatic nitrogens is 1. The summed E-state index contributed by atoms with van der Waals surface area (Å²) in [4.78, 5) is 61.4. The molecule has 4 rings (SSSR count). The van der Waals surface area contributed by atoms with Crippen molar-refractivity contribution >= 4 is 35.3 Å². The maximum absolute atomic E-state index is 12.5. The van der Waals surface area contributed by atoms with Gasteiger partial charge in [0.1, 0.15) is 11.9 Å². The Hall–Kier alpha value is -3.95. The average molecular weight is 367 g/mol. The van der Waals surface area contributed by atoms with Crippen LogP contribution in [-0.2, 0) is 4.79 Å². The molecule has 5 amide bonds. The van der Waals surface area contributed by atoms with E-state index in [1.807, 2.05) is 0 Å². The number of fused-ring (bicyclic) bond motifs is 1. The van der Waals surface area contributed by atoms with Crippen molar-refractivity contribution in [1.82, 2.24) is 15.2 Å². The van der Waals surface area contributed by atoms with E-state index in [-0.39, 0.29) is 28.3 Å². The summed E-state index contributed by atoms with van der Waals surface area (Å²) in [6, 6.07) is 5.81. The second-order valence-electron chi connectivity index (χ2n) is 6.14. The number of amides is 5. The monoisotopic (exact) mass is 367 g/mol. The average Bonchev–Trinajstić information content (AvgIpc) is 3.03. The Balaban J connectivity index is 1.87. The smallest absolute Gasteiger partial charge is 0.329 e. The molecule has 2 aromatic rings. The van der Waals surface area contributed by atoms with Crippen LogP contribution in [0.3, 0.4) is 0 Å². The van der Waals surface area contributed by atoms with Gasteiger partial charge >= 0.3 is 6.03 Å². The number of nitrogen functional groups attached to an aromatic ring is 1. The third-order valence-electron chi connectivity index (χ3n) is 4.43. The van der Waals surface area contributed by atoms with Gasteiger partial charge in [0.25, 0.3) is 23.3 Å². The minimum absolute atomic E-state index is 0.0853. The number of carbonyl (C=O) groups excluding carboxylic acids is 4. The standard InChI is InChI=1S/C17H13N5O5/c1-7-16(26)22(17(27)19-7)9-4-2-3-8(5-9)21-11(23)6-10-12(13(21)18)15(25)20-14(10)24/h2-7H,18H2,1H3,(H,19,27)(H,20,24,25). The number of benzene rings is 1. The van der Waals surface area contributed by atoms with E-state index >= 15 is 0 Å². The third-order valence-corrected chi connectivity index (χ3v) is 4.43. The molecular weight excluding hydrogens is 354 g/mol. The van der Waals surface area contributed by atoms with E-state index in [1.54, 1.807) is 13.0 Å². The molecular formula is C17H13N5O5. The Bertz CT molecular complexity index is 1120. The van der Waals surface area contributed by atoms with E-state index in [1.165, 1.54) is 18.2 Å². The summed E-state index contributed by atoms with van der Waals surface area (Å²) in [5.41, 5.74) is 5.67. The van der Waals surface area contributed by atoms with Crippen LogP contribution in [-0.4, -0.2) is 34.4 Å². The normalized spacial score (nSPS) is 18.6. The Labute approximate surface area is 151 Å². The summed E-state index contributed by atoms with van der Waals surface area (Å²) in [7, 11) is 0. The zero-order valence-electron chi connectivity index (χ0n) is 14.0. The molecule has 1 atom stereocenters. The second-order valence-corrected chi connectivity index (χ2v) is 6.14. The molecule has 136 valence electrons. The molecule has 3 heterocycles. The summed E-state index contributed by atoms with van der Waals surface area (Å²) >= 11 is 0. The van der Waals surface area contributed by atoms with Crippen LogP contribution in [0.5, 0.6) is 0 Å². The molecule has 1 unspecified atom stereocenters. The topological polar surface area (TPSA) is 144 Å². The highest BCUT2D eigenvalue weighted by Crippen LogP contribution is 2.26. The van der Waals surface area contributed by atoms with Gasteiger partial charge in [-0.2, -0.15) is 0 Å². The highest BCUT2D eigenvalue weighted by molar-refractivity contribution is 6.23. The molecule has 0 radical (unpaired) electrons. The van der Waals surface area contributed by atoms with Gasteiger partial charge in [0.15, 0.2) is 0 Å². The van der Waals surface area contributed by atoms with Crippen LogP contribution in [0.4, 0.5) is 16.3 Å². The number of hydrogen-bond acceptors (Lipinski definition) is 6. The molecule has 27 heavy (non-hydrogen) atoms. The first kappa shape index (κ1) is 16.5. The van der Waals surface area contributed by atoms with Crippen molar-refractivity contribution in [2.45, 2.75) is 13.0 Å². The van der Waals surface area contributed by atoms with Crippen molar-refractivity contribution in [2.75, 3.05) is 10.6 Å². The maximum atomic E-state index is 12.5. The Morgan fingerprint density at radius 3 is 2.37 bits per heavy atom. The minimum Gasteiger partial charge on any atom is -0.384 e. The Morgan fingerprint density at radius 1 is 1.00 bits per heavy atom. The molecule has 1 saturated heterocycles. The summed E-state index contributed by atoms with van der Waals surface area (Å²) in [5.74, 6) is -2.02. The molecule has 1 aromatic heterocycles. The third kappa shape index (κ3) is 2.30. The molecule has 0 aliphatic carbocycles. The number of nitrogens with one attached hydrogen (secondary N) is 2. The summed E-state index contributed by atoms with van der Waals surface area (Å²) in [6.45, 7) is 1.56. The number of nitrogens with zero attached hydrogens (tertiary/aromatic N) is 2. The van der Waals surface area contributed by atoms with Crippen molar-refractivity contribution in [1.29, 1.82) is 0 Å². The highest BCUT2D eigenvalue weighted by Gasteiger charge is 2.36. The lowest BCUT2D eigenvalue weighted by Crippen LogP contribution is -2.31. The fourth-order valence-electron chi connectivity index (χ4n) is 3.17. The zero-order valence-corrected chi connectivity index (χ0v) is 14.0. The van der Waals surface area contributed by atoms with E-state index in [0.29, 0.717) is 0 Å². The number of rotatable bonds is 2. The van der Waals surface area contributed by atoms with Crippen LogP contribution in [0.15, 0.2) is 35.1 Å². The zero-order chi connectivity index (χ0) is 19.5. The first-order valence-corrected chi connectivity index (χ1v) is 7.95. The number of carbonyl (C=O) groups is 4. The molecule has 4 N–H and O–H groups in total. The van der Waals surface area contributed by atoms with Gasteiger partial charge in [-0.3, -0.25) is 29.1 Å². The van der Waals surface area contributed by atoms with E-state index in [0.717, 1.165) is 15.5 Å². The van der Waals surface area contributed by atoms with Crippen LogP contribution in [0.1, 0.15) is 27.6 Å². The van der Waals surface area contributed by atoms with Gasteiger partial charge in [-0.25, -0.2) is 9.69 Å². The van der Waals surface area contributed by atoms with Crippen molar-refractivity contribution in [2.24, 2.45) is 0 Å². The first-order chi connectivity index (χ1) is 12.8. The van der Waals surface area contributed by atoms with Crippen LogP contribution >= 0.6 is 0 Å². The minimum atomic E-state index is -0.694. The van der Waals surface area contributed by atoms with Gasteiger partial charge in [-0.05, 0) is 25.1 Å². The molecule has 0 bridgehead atoms. The fraction of sp³-hybridized carbons (Fsp3) is 0.118. The van der Waals surface area contributed by atoms with Crippen LogP contribution in [0.25, 0.3) is 5.69 Å². The van der Waals surface area contributed by atoms with E-state index < -0.39 is 35.4 Å². The van der Waals surface area contributed by atoms with Gasteiger partial charge < -0.3 is 11.1 Å². The number of imide groups is 2. The summed E-state index contributed by atoms with van der Waals surface area (Å²) in [6.07, 6.45) is 0. The molecule has 1 fully saturated rings. The number of anilines is 2. The Kier molecular flexibility index (Phi) is 3.38. The number of urea groups is 1. The quantitative estimate of drug-likeness (QED) is 0.493. The Morgan fingerprint density at radius 2 is 1.70 bits per heavy atom. The van der Waals surface area contributed by atoms with Crippen molar-refractivity contribution in [3.8, 4) is 5.69 Å². The number of hydrogen-bond donors (Lipinski definition) is 3. The van der Waals surface area contributed by atoms with Gasteiger partial charge in [-0.1, -0.05) is 6.07 Å². The lowest BCUT2D eigenvalue weighted by atomic mass is 10.1. The number of pyridine rings is 1. The van der Waals surface area contributed by atoms with Gasteiger partial charge in [0.05, 0.1) is 22.5 Å². The molecule has 10 nitrogen and oxygen atoms in total. The molecule has 0 saturated carbocycles. The van der Waals surface area contributed by atoms with Crippen LogP contribution in [0, 0.1) is 0 Å². The predicted molar refractivity (Wildman–Crippen MR) is 93.7 cm³/mol. The lowest BCUT2D eigenvalue weighted by Gasteiger charge is -2.16. The van der Waals surface area contributed by atoms with Gasteiger partial charge in [0, 0.05) is 6.07 Å². The van der Waals surface area contributed by atoms with Gasteiger partial charge in [0.2, 0.25) is 0 Å². The largest absolute Gasteiger partial charge is 0.384 e. The van der Waals surface area contributed by atoms with Gasteiger partial charge in [-0.15, -0.1) is 0 Å². The van der Waals surface area contributed by atoms with Crippen molar-refractivity contribution in [3.05, 3.63) is 51.8 Å². The molecule has 2 aliphatic heterocycles. The fourth-order valence-corrected chi connectivity index (χ4v) is 3.17. The van der Waals surface area contributed by atoms with Crippen molar-refractivity contribution < 1.29 is 19.2 Å². The van der Waals surface area contributed by atoms with E-state index in [4.69, 9.17) is 5.73 Å². The van der Waals surface area contributed by atoms with Crippen LogP contribution in [0.2, 0.25) is 0 Å². The van der Waals surface area contributed by atoms with E-state index in [9.17, 15) is 24.0 Å². The van der Waals surface area contributed by atoms with Crippen LogP contribution < -0.4 is 26.8 Å². The summed E-state index contributed by atoms with van der Waals surface area (Å²) in [5, 5.41) is 4.58. The first-order valence-electron chi connectivity index (χ1n) is 7.95. The summed E-state index contributed by atoms with van der Waals surface area (Å²) < 4.78 is 1.04. The molecule has 2 aliphatic rings. The SMILES string of the molecule is CC1NC(=O)N(c2cccc(-n3c(N)c4c(cc3=O)C(=O)NC4=O)c2)C1=O. The lowest BCUT2D eigenvalue weighted by molar-refractivity contribution is -0.117.